The fourth-order valence-electron chi connectivity index (χ4n) is 2.08. The first-order valence-corrected chi connectivity index (χ1v) is 6.88. The molecule has 0 aliphatic carbocycles. The molecule has 3 nitrogen and oxygen atoms in total. The average molecular weight is 315 g/mol. The van der Waals surface area contributed by atoms with E-state index in [4.69, 9.17) is 0 Å². The van der Waals surface area contributed by atoms with Gasteiger partial charge in [0.05, 0.1) is 5.92 Å². The van der Waals surface area contributed by atoms with Crippen LogP contribution in [0, 0.1) is 11.7 Å². The summed E-state index contributed by atoms with van der Waals surface area (Å²) in [5.74, 6) is -0.216. The van der Waals surface area contributed by atoms with E-state index in [-0.39, 0.29) is 17.6 Å². The Balaban J connectivity index is 1.90. The van der Waals surface area contributed by atoms with Crippen LogP contribution in [0.25, 0.3) is 0 Å². The molecule has 1 amide bonds. The minimum atomic E-state index is -0.290. The standard InChI is InChI=1S/C13H16BrFN2O/c14-12-4-3-11(15)6-10(12)8-17-13(18)9-2-1-5-16-7-9/h3-4,6,9,16H,1-2,5,7-8H2,(H,17,18)/t9-/m0/s1. The number of hydrogen-bond acceptors (Lipinski definition) is 2. The summed E-state index contributed by atoms with van der Waals surface area (Å²) in [6.07, 6.45) is 1.95. The van der Waals surface area contributed by atoms with Crippen molar-refractivity contribution in [3.63, 3.8) is 0 Å². The molecule has 0 bridgehead atoms. The highest BCUT2D eigenvalue weighted by Gasteiger charge is 2.20. The summed E-state index contributed by atoms with van der Waals surface area (Å²) in [5, 5.41) is 6.07. The Labute approximate surface area is 114 Å². The molecule has 2 rings (SSSR count). The average Bonchev–Trinajstić information content (AvgIpc) is 2.40. The lowest BCUT2D eigenvalue weighted by atomic mass is 9.99. The predicted octanol–water partition coefficient (Wildman–Crippen LogP) is 2.20. The lowest BCUT2D eigenvalue weighted by Gasteiger charge is -2.22. The van der Waals surface area contributed by atoms with Gasteiger partial charge in [0.25, 0.3) is 0 Å². The fraction of sp³-hybridized carbons (Fsp3) is 0.462. The second kappa shape index (κ2) is 6.29. The smallest absolute Gasteiger partial charge is 0.224 e. The molecule has 1 saturated heterocycles. The molecule has 5 heteroatoms. The van der Waals surface area contributed by atoms with Gasteiger partial charge in [-0.3, -0.25) is 4.79 Å². The fourth-order valence-corrected chi connectivity index (χ4v) is 2.47. The molecular formula is C13H16BrFN2O. The summed E-state index contributed by atoms with van der Waals surface area (Å²) >= 11 is 3.35. The van der Waals surface area contributed by atoms with Crippen LogP contribution >= 0.6 is 15.9 Å². The van der Waals surface area contributed by atoms with E-state index in [1.165, 1.54) is 12.1 Å². The molecule has 98 valence electrons. The van der Waals surface area contributed by atoms with Gasteiger partial charge in [0.1, 0.15) is 5.82 Å². The van der Waals surface area contributed by atoms with Crippen LogP contribution in [0.5, 0.6) is 0 Å². The normalized spacial score (nSPS) is 19.6. The first-order valence-electron chi connectivity index (χ1n) is 6.09. The topological polar surface area (TPSA) is 41.1 Å². The van der Waals surface area contributed by atoms with Crippen LogP contribution in [0.15, 0.2) is 22.7 Å². The summed E-state index contributed by atoms with van der Waals surface area (Å²) < 4.78 is 13.9. The zero-order valence-corrected chi connectivity index (χ0v) is 11.6. The van der Waals surface area contributed by atoms with Gasteiger partial charge >= 0.3 is 0 Å². The van der Waals surface area contributed by atoms with Crippen molar-refractivity contribution in [1.82, 2.24) is 10.6 Å². The Morgan fingerprint density at radius 3 is 3.11 bits per heavy atom. The molecule has 1 atom stereocenters. The van der Waals surface area contributed by atoms with Gasteiger partial charge in [-0.15, -0.1) is 0 Å². The molecule has 2 N–H and O–H groups in total. The number of hydrogen-bond donors (Lipinski definition) is 2. The number of carbonyl (C=O) groups is 1. The molecule has 1 aliphatic heterocycles. The van der Waals surface area contributed by atoms with E-state index in [9.17, 15) is 9.18 Å². The minimum Gasteiger partial charge on any atom is -0.352 e. The Morgan fingerprint density at radius 1 is 1.56 bits per heavy atom. The van der Waals surface area contributed by atoms with Crippen molar-refractivity contribution in [3.05, 3.63) is 34.1 Å². The van der Waals surface area contributed by atoms with E-state index in [0.717, 1.165) is 36.0 Å². The SMILES string of the molecule is O=C(NCc1cc(F)ccc1Br)[C@H]1CCCNC1. The van der Waals surface area contributed by atoms with E-state index < -0.39 is 0 Å². The van der Waals surface area contributed by atoms with Crippen LogP contribution in [0.3, 0.4) is 0 Å². The zero-order chi connectivity index (χ0) is 13.0. The summed E-state index contributed by atoms with van der Waals surface area (Å²) in [6.45, 7) is 2.07. The third kappa shape index (κ3) is 3.53. The molecule has 0 radical (unpaired) electrons. The number of carbonyl (C=O) groups excluding carboxylic acids is 1. The van der Waals surface area contributed by atoms with E-state index >= 15 is 0 Å². The van der Waals surface area contributed by atoms with E-state index in [1.807, 2.05) is 0 Å². The van der Waals surface area contributed by atoms with Gasteiger partial charge in [-0.1, -0.05) is 15.9 Å². The van der Waals surface area contributed by atoms with Crippen LogP contribution in [-0.4, -0.2) is 19.0 Å². The molecule has 1 aliphatic rings. The van der Waals surface area contributed by atoms with Crippen molar-refractivity contribution in [1.29, 1.82) is 0 Å². The van der Waals surface area contributed by atoms with E-state index in [2.05, 4.69) is 26.6 Å². The van der Waals surface area contributed by atoms with Crippen molar-refractivity contribution in [2.24, 2.45) is 5.92 Å². The van der Waals surface area contributed by atoms with Crippen LogP contribution in [0.1, 0.15) is 18.4 Å². The number of amides is 1. The molecule has 0 aromatic heterocycles. The maximum atomic E-state index is 13.1. The summed E-state index contributed by atoms with van der Waals surface area (Å²) in [5.41, 5.74) is 0.757. The molecule has 0 saturated carbocycles. The van der Waals surface area contributed by atoms with Crippen molar-refractivity contribution in [2.75, 3.05) is 13.1 Å². The highest BCUT2D eigenvalue weighted by Crippen LogP contribution is 2.18. The zero-order valence-electron chi connectivity index (χ0n) is 10.0. The highest BCUT2D eigenvalue weighted by molar-refractivity contribution is 9.10. The summed E-state index contributed by atoms with van der Waals surface area (Å²) in [6, 6.07) is 4.48. The van der Waals surface area contributed by atoms with Crippen LogP contribution in [0.4, 0.5) is 4.39 Å². The molecule has 0 spiro atoms. The third-order valence-electron chi connectivity index (χ3n) is 3.13. The monoisotopic (exact) mass is 314 g/mol. The Bertz CT molecular complexity index is 433. The van der Waals surface area contributed by atoms with Crippen molar-refractivity contribution in [2.45, 2.75) is 19.4 Å². The van der Waals surface area contributed by atoms with Gasteiger partial charge in [0.15, 0.2) is 0 Å². The number of halogens is 2. The maximum absolute atomic E-state index is 13.1. The van der Waals surface area contributed by atoms with Gasteiger partial charge < -0.3 is 10.6 Å². The highest BCUT2D eigenvalue weighted by atomic mass is 79.9. The Morgan fingerprint density at radius 2 is 2.39 bits per heavy atom. The van der Waals surface area contributed by atoms with Crippen LogP contribution < -0.4 is 10.6 Å². The van der Waals surface area contributed by atoms with Crippen molar-refractivity contribution >= 4 is 21.8 Å². The van der Waals surface area contributed by atoms with Gasteiger partial charge in [-0.25, -0.2) is 4.39 Å². The molecule has 18 heavy (non-hydrogen) atoms. The number of nitrogens with one attached hydrogen (secondary N) is 2. The second-order valence-electron chi connectivity index (χ2n) is 4.50. The van der Waals surface area contributed by atoms with E-state index in [0.29, 0.717) is 6.54 Å². The molecular weight excluding hydrogens is 299 g/mol. The number of benzene rings is 1. The van der Waals surface area contributed by atoms with Gasteiger partial charge in [0, 0.05) is 17.6 Å². The lowest BCUT2D eigenvalue weighted by molar-refractivity contribution is -0.125. The molecule has 1 aromatic rings. The van der Waals surface area contributed by atoms with Crippen molar-refractivity contribution in [3.8, 4) is 0 Å². The predicted molar refractivity (Wildman–Crippen MR) is 71.5 cm³/mol. The van der Waals surface area contributed by atoms with Gasteiger partial charge in [-0.05, 0) is 43.1 Å². The number of piperidine rings is 1. The lowest BCUT2D eigenvalue weighted by Crippen LogP contribution is -2.40. The van der Waals surface area contributed by atoms with Gasteiger partial charge in [-0.2, -0.15) is 0 Å². The minimum absolute atomic E-state index is 0.0334. The molecule has 1 fully saturated rings. The largest absolute Gasteiger partial charge is 0.352 e. The molecule has 1 aromatic carbocycles. The first kappa shape index (κ1) is 13.5. The second-order valence-corrected chi connectivity index (χ2v) is 5.35. The Kier molecular flexibility index (Phi) is 4.72. The van der Waals surface area contributed by atoms with Gasteiger partial charge in [0.2, 0.25) is 5.91 Å². The first-order chi connectivity index (χ1) is 8.66. The van der Waals surface area contributed by atoms with E-state index in [1.54, 1.807) is 6.07 Å². The molecule has 1 heterocycles. The maximum Gasteiger partial charge on any atom is 0.224 e. The third-order valence-corrected chi connectivity index (χ3v) is 3.90. The summed E-state index contributed by atoms with van der Waals surface area (Å²) in [7, 11) is 0. The van der Waals surface area contributed by atoms with Crippen LogP contribution in [0.2, 0.25) is 0 Å². The number of rotatable bonds is 3. The van der Waals surface area contributed by atoms with Crippen LogP contribution in [-0.2, 0) is 11.3 Å². The Hall–Kier alpha value is -0.940. The van der Waals surface area contributed by atoms with Crippen molar-refractivity contribution < 1.29 is 9.18 Å². The molecule has 0 unspecified atom stereocenters. The summed E-state index contributed by atoms with van der Waals surface area (Å²) in [4.78, 5) is 11.9. The quantitative estimate of drug-likeness (QED) is 0.898.